The first-order chi connectivity index (χ1) is 13.8. The van der Waals surface area contributed by atoms with Gasteiger partial charge in [0.2, 0.25) is 5.88 Å². The maximum atomic E-state index is 12.6. The summed E-state index contributed by atoms with van der Waals surface area (Å²) in [7, 11) is 0. The maximum absolute atomic E-state index is 12.6. The van der Waals surface area contributed by atoms with Crippen molar-refractivity contribution in [2.45, 2.75) is 6.54 Å². The molecule has 0 atom stereocenters. The van der Waals surface area contributed by atoms with E-state index in [1.165, 1.54) is 0 Å². The van der Waals surface area contributed by atoms with Gasteiger partial charge >= 0.3 is 0 Å². The summed E-state index contributed by atoms with van der Waals surface area (Å²) in [6, 6.07) is 18.3. The van der Waals surface area contributed by atoms with Gasteiger partial charge in [0.05, 0.1) is 5.69 Å². The van der Waals surface area contributed by atoms with Crippen molar-refractivity contribution in [1.82, 2.24) is 15.3 Å². The third-order valence-electron chi connectivity index (χ3n) is 4.08. The number of thiophene rings is 1. The van der Waals surface area contributed by atoms with Crippen LogP contribution >= 0.6 is 11.3 Å². The quantitative estimate of drug-likeness (QED) is 0.510. The summed E-state index contributed by atoms with van der Waals surface area (Å²) in [5.41, 5.74) is 3.43. The number of nitrogens with one attached hydrogen (secondary N) is 1. The molecule has 4 rings (SSSR count). The minimum absolute atomic E-state index is 0.174. The number of hydrogen-bond acceptors (Lipinski definition) is 5. The Hall–Kier alpha value is -3.51. The van der Waals surface area contributed by atoms with Crippen molar-refractivity contribution in [2.24, 2.45) is 0 Å². The molecule has 3 aromatic heterocycles. The fraction of sp³-hybridized carbons (Fsp3) is 0.0455. The minimum atomic E-state index is -0.174. The van der Waals surface area contributed by atoms with E-state index in [0.717, 1.165) is 16.8 Å². The molecule has 28 heavy (non-hydrogen) atoms. The van der Waals surface area contributed by atoms with Crippen molar-refractivity contribution in [3.8, 4) is 22.9 Å². The van der Waals surface area contributed by atoms with Gasteiger partial charge in [-0.25, -0.2) is 4.98 Å². The fourth-order valence-electron chi connectivity index (χ4n) is 2.75. The van der Waals surface area contributed by atoms with Gasteiger partial charge in [0, 0.05) is 41.5 Å². The molecule has 0 unspecified atom stereocenters. The van der Waals surface area contributed by atoms with Gasteiger partial charge in [0.25, 0.3) is 5.91 Å². The van der Waals surface area contributed by atoms with Gasteiger partial charge in [-0.15, -0.1) is 0 Å². The molecular formula is C22H17N3O2S. The standard InChI is InChI=1S/C22H17N3O2S/c26-22(16-5-3-7-19(13-16)27-20-8-1-2-10-23-20)25-14-17-6-4-11-24-21(17)18-9-12-28-15-18/h1-13,15H,14H2,(H,25,26). The number of amides is 1. The van der Waals surface area contributed by atoms with Crippen LogP contribution in [0.4, 0.5) is 0 Å². The first kappa shape index (κ1) is 17.9. The fourth-order valence-corrected chi connectivity index (χ4v) is 3.39. The lowest BCUT2D eigenvalue weighted by molar-refractivity contribution is 0.0950. The normalized spacial score (nSPS) is 10.4. The van der Waals surface area contributed by atoms with Crippen molar-refractivity contribution in [2.75, 3.05) is 0 Å². The van der Waals surface area contributed by atoms with E-state index in [2.05, 4.69) is 15.3 Å². The maximum Gasteiger partial charge on any atom is 0.251 e. The summed E-state index contributed by atoms with van der Waals surface area (Å²) in [5, 5.41) is 7.02. The van der Waals surface area contributed by atoms with Crippen molar-refractivity contribution in [1.29, 1.82) is 0 Å². The first-order valence-corrected chi connectivity index (χ1v) is 9.67. The summed E-state index contributed by atoms with van der Waals surface area (Å²) in [5.74, 6) is 0.870. The molecule has 0 aliphatic heterocycles. The Morgan fingerprint density at radius 2 is 1.93 bits per heavy atom. The Balaban J connectivity index is 1.46. The van der Waals surface area contributed by atoms with E-state index >= 15 is 0 Å². The lowest BCUT2D eigenvalue weighted by Crippen LogP contribution is -2.23. The highest BCUT2D eigenvalue weighted by Crippen LogP contribution is 2.24. The molecule has 0 bridgehead atoms. The number of pyridine rings is 2. The third kappa shape index (κ3) is 4.24. The van der Waals surface area contributed by atoms with E-state index in [1.54, 1.807) is 54.1 Å². The van der Waals surface area contributed by atoms with Crippen LogP contribution in [0.15, 0.2) is 83.8 Å². The third-order valence-corrected chi connectivity index (χ3v) is 4.76. The second kappa shape index (κ2) is 8.45. The highest BCUT2D eigenvalue weighted by Gasteiger charge is 2.11. The van der Waals surface area contributed by atoms with Crippen LogP contribution in [-0.2, 0) is 6.54 Å². The number of rotatable bonds is 6. The summed E-state index contributed by atoms with van der Waals surface area (Å²) in [6.45, 7) is 0.392. The molecule has 0 saturated heterocycles. The highest BCUT2D eigenvalue weighted by molar-refractivity contribution is 7.08. The van der Waals surface area contributed by atoms with Gasteiger partial charge < -0.3 is 10.1 Å². The number of hydrogen-bond donors (Lipinski definition) is 1. The molecule has 0 radical (unpaired) electrons. The molecule has 1 N–H and O–H groups in total. The molecule has 3 heterocycles. The smallest absolute Gasteiger partial charge is 0.251 e. The Labute approximate surface area is 166 Å². The van der Waals surface area contributed by atoms with Gasteiger partial charge in [0.1, 0.15) is 5.75 Å². The van der Waals surface area contributed by atoms with Crippen LogP contribution in [0, 0.1) is 0 Å². The van der Waals surface area contributed by atoms with E-state index in [1.807, 2.05) is 41.1 Å². The molecule has 0 spiro atoms. The Kier molecular flexibility index (Phi) is 5.40. The predicted octanol–water partition coefficient (Wildman–Crippen LogP) is 4.93. The lowest BCUT2D eigenvalue weighted by Gasteiger charge is -2.10. The van der Waals surface area contributed by atoms with Crippen LogP contribution in [0.1, 0.15) is 15.9 Å². The Morgan fingerprint density at radius 1 is 1.00 bits per heavy atom. The van der Waals surface area contributed by atoms with E-state index in [0.29, 0.717) is 23.7 Å². The topological polar surface area (TPSA) is 64.1 Å². The predicted molar refractivity (Wildman–Crippen MR) is 109 cm³/mol. The van der Waals surface area contributed by atoms with Crippen LogP contribution in [0.25, 0.3) is 11.3 Å². The number of benzene rings is 1. The molecule has 0 fully saturated rings. The average molecular weight is 387 g/mol. The van der Waals surface area contributed by atoms with Crippen LogP contribution in [0.3, 0.4) is 0 Å². The lowest BCUT2D eigenvalue weighted by atomic mass is 10.1. The molecule has 0 saturated carbocycles. The number of nitrogens with zero attached hydrogens (tertiary/aromatic N) is 2. The summed E-state index contributed by atoms with van der Waals surface area (Å²) in [6.07, 6.45) is 3.42. The average Bonchev–Trinajstić information content (AvgIpc) is 3.28. The molecule has 0 aliphatic rings. The van der Waals surface area contributed by atoms with E-state index in [9.17, 15) is 4.79 Å². The van der Waals surface area contributed by atoms with Crippen LogP contribution in [-0.4, -0.2) is 15.9 Å². The summed E-state index contributed by atoms with van der Waals surface area (Å²) < 4.78 is 5.70. The van der Waals surface area contributed by atoms with Crippen molar-refractivity contribution in [3.63, 3.8) is 0 Å². The zero-order valence-corrected chi connectivity index (χ0v) is 15.7. The van der Waals surface area contributed by atoms with E-state index in [-0.39, 0.29) is 5.91 Å². The van der Waals surface area contributed by atoms with Gasteiger partial charge in [-0.3, -0.25) is 9.78 Å². The van der Waals surface area contributed by atoms with Crippen molar-refractivity contribution < 1.29 is 9.53 Å². The van der Waals surface area contributed by atoms with Crippen molar-refractivity contribution in [3.05, 3.63) is 94.9 Å². The molecule has 5 nitrogen and oxygen atoms in total. The molecular weight excluding hydrogens is 370 g/mol. The van der Waals surface area contributed by atoms with Crippen LogP contribution in [0.5, 0.6) is 11.6 Å². The largest absolute Gasteiger partial charge is 0.439 e. The van der Waals surface area contributed by atoms with E-state index in [4.69, 9.17) is 4.74 Å². The van der Waals surface area contributed by atoms with Gasteiger partial charge in [-0.2, -0.15) is 11.3 Å². The van der Waals surface area contributed by atoms with Crippen LogP contribution < -0.4 is 10.1 Å². The molecule has 4 aromatic rings. The minimum Gasteiger partial charge on any atom is -0.439 e. The molecule has 1 amide bonds. The Morgan fingerprint density at radius 3 is 2.75 bits per heavy atom. The Bertz CT molecular complexity index is 1070. The van der Waals surface area contributed by atoms with E-state index < -0.39 is 0 Å². The zero-order chi connectivity index (χ0) is 19.2. The molecule has 138 valence electrons. The van der Waals surface area contributed by atoms with Gasteiger partial charge in [-0.1, -0.05) is 18.2 Å². The number of carbonyl (C=O) groups excluding carboxylic acids is 1. The van der Waals surface area contributed by atoms with Crippen LogP contribution in [0.2, 0.25) is 0 Å². The summed E-state index contributed by atoms with van der Waals surface area (Å²) >= 11 is 1.62. The second-order valence-corrected chi connectivity index (χ2v) is 6.78. The highest BCUT2D eigenvalue weighted by atomic mass is 32.1. The first-order valence-electron chi connectivity index (χ1n) is 8.73. The number of carbonyl (C=O) groups is 1. The molecule has 0 aliphatic carbocycles. The monoisotopic (exact) mass is 387 g/mol. The second-order valence-electron chi connectivity index (χ2n) is 6.00. The van der Waals surface area contributed by atoms with Crippen molar-refractivity contribution >= 4 is 17.2 Å². The SMILES string of the molecule is O=C(NCc1cccnc1-c1ccsc1)c1cccc(Oc2ccccn2)c1. The summed E-state index contributed by atoms with van der Waals surface area (Å²) in [4.78, 5) is 21.2. The zero-order valence-electron chi connectivity index (χ0n) is 14.9. The molecule has 6 heteroatoms. The number of aromatic nitrogens is 2. The van der Waals surface area contributed by atoms with Gasteiger partial charge in [-0.05, 0) is 47.3 Å². The number of ether oxygens (including phenoxy) is 1. The molecule has 1 aromatic carbocycles. The van der Waals surface area contributed by atoms with Gasteiger partial charge in [0.15, 0.2) is 0 Å².